The Labute approximate surface area is 92.5 Å². The Balaban J connectivity index is 3.07. The first kappa shape index (κ1) is 12.0. The average Bonchev–Trinajstić information content (AvgIpc) is 2.28. The molecule has 0 bridgehead atoms. The van der Waals surface area contributed by atoms with E-state index in [0.717, 1.165) is 0 Å². The Morgan fingerprint density at radius 2 is 2.00 bits per heavy atom. The minimum atomic E-state index is -1.23. The Kier molecular flexibility index (Phi) is 4.55. The van der Waals surface area contributed by atoms with Crippen LogP contribution >= 0.6 is 12.2 Å². The van der Waals surface area contributed by atoms with E-state index in [4.69, 9.17) is 5.11 Å². The fourth-order valence-electron chi connectivity index (χ4n) is 1.20. The molecule has 0 saturated carbocycles. The zero-order valence-electron chi connectivity index (χ0n) is 7.87. The van der Waals surface area contributed by atoms with E-state index >= 15 is 0 Å². The summed E-state index contributed by atoms with van der Waals surface area (Å²) in [5.41, 5.74) is 0.851. The second-order valence-electron chi connectivity index (χ2n) is 2.96. The number of thiocarbonyl (C=S) groups is 1. The molecule has 0 amide bonds. The number of benzene rings is 1. The highest BCUT2D eigenvalue weighted by Crippen LogP contribution is 2.26. The maximum Gasteiger partial charge on any atom is 0.109 e. The predicted octanol–water partition coefficient (Wildman–Crippen LogP) is 0.808. The van der Waals surface area contributed by atoms with Crippen LogP contribution < -0.4 is 0 Å². The molecule has 0 aliphatic rings. The van der Waals surface area contributed by atoms with Gasteiger partial charge >= 0.3 is 0 Å². The maximum atomic E-state index is 9.66. The quantitative estimate of drug-likeness (QED) is 0.523. The Morgan fingerprint density at radius 3 is 2.60 bits per heavy atom. The molecule has 1 rings (SSSR count). The topological polar surface area (TPSA) is 73.0 Å². The number of aliphatic imine (C=N–C) groups is 1. The number of aliphatic hydroxyl groups excluding tert-OH is 3. The molecule has 0 saturated heterocycles. The Hall–Kier alpha value is -1.10. The molecule has 0 spiro atoms. The van der Waals surface area contributed by atoms with Crippen molar-refractivity contribution in [2.75, 3.05) is 6.61 Å². The van der Waals surface area contributed by atoms with E-state index in [-0.39, 0.29) is 0 Å². The number of aliphatic hydroxyl groups is 3. The number of hydrogen-bond acceptors (Lipinski definition) is 5. The van der Waals surface area contributed by atoms with E-state index in [1.807, 2.05) is 0 Å². The molecule has 2 unspecified atom stereocenters. The highest BCUT2D eigenvalue weighted by atomic mass is 32.1. The fraction of sp³-hybridized carbons (Fsp3) is 0.300. The number of hydrogen-bond donors (Lipinski definition) is 3. The zero-order valence-corrected chi connectivity index (χ0v) is 8.68. The molecule has 4 nitrogen and oxygen atoms in total. The number of nitrogens with zero attached hydrogens (tertiary/aromatic N) is 1. The fourth-order valence-corrected chi connectivity index (χ4v) is 1.29. The summed E-state index contributed by atoms with van der Waals surface area (Å²) in [5, 5.41) is 29.8. The van der Waals surface area contributed by atoms with Crippen LogP contribution in [-0.4, -0.2) is 33.2 Å². The molecule has 0 aromatic heterocycles. The minimum absolute atomic E-state index is 0.413. The summed E-state index contributed by atoms with van der Waals surface area (Å²) in [4.78, 5) is 3.76. The summed E-state index contributed by atoms with van der Waals surface area (Å²) in [6.45, 7) is -0.517. The highest BCUT2D eigenvalue weighted by molar-refractivity contribution is 7.78. The summed E-state index contributed by atoms with van der Waals surface area (Å²) in [5.74, 6) is 0. The van der Waals surface area contributed by atoms with Gasteiger partial charge in [-0.25, -0.2) is 0 Å². The second kappa shape index (κ2) is 5.70. The zero-order chi connectivity index (χ0) is 11.3. The van der Waals surface area contributed by atoms with E-state index in [0.29, 0.717) is 11.3 Å². The average molecular weight is 225 g/mol. The van der Waals surface area contributed by atoms with Crippen LogP contribution in [0.15, 0.2) is 29.3 Å². The molecular formula is C10H11NO3S. The summed E-state index contributed by atoms with van der Waals surface area (Å²) in [6, 6.07) is 6.68. The van der Waals surface area contributed by atoms with Gasteiger partial charge in [0.2, 0.25) is 0 Å². The van der Waals surface area contributed by atoms with Gasteiger partial charge in [0.05, 0.1) is 17.5 Å². The van der Waals surface area contributed by atoms with Crippen molar-refractivity contribution >= 4 is 23.1 Å². The maximum absolute atomic E-state index is 9.66. The smallest absolute Gasteiger partial charge is 0.109 e. The molecular weight excluding hydrogens is 214 g/mol. The molecule has 1 aromatic rings. The Bertz CT molecular complexity index is 377. The molecule has 0 aliphatic heterocycles. The second-order valence-corrected chi connectivity index (χ2v) is 3.14. The first-order chi connectivity index (χ1) is 7.20. The normalized spacial score (nSPS) is 14.1. The van der Waals surface area contributed by atoms with Gasteiger partial charge in [-0.3, -0.25) is 0 Å². The van der Waals surface area contributed by atoms with Gasteiger partial charge < -0.3 is 15.3 Å². The van der Waals surface area contributed by atoms with Gasteiger partial charge in [0, 0.05) is 5.56 Å². The van der Waals surface area contributed by atoms with Crippen LogP contribution in [0.25, 0.3) is 0 Å². The number of para-hydroxylation sites is 1. The van der Waals surface area contributed by atoms with Gasteiger partial charge in [-0.15, -0.1) is 0 Å². The van der Waals surface area contributed by atoms with E-state index in [9.17, 15) is 10.2 Å². The predicted molar refractivity (Wildman–Crippen MR) is 59.2 cm³/mol. The monoisotopic (exact) mass is 225 g/mol. The lowest BCUT2D eigenvalue weighted by molar-refractivity contribution is -0.0149. The molecule has 15 heavy (non-hydrogen) atoms. The van der Waals surface area contributed by atoms with Crippen LogP contribution in [0.1, 0.15) is 11.7 Å². The van der Waals surface area contributed by atoms with Crippen molar-refractivity contribution in [1.82, 2.24) is 0 Å². The molecule has 5 heteroatoms. The molecule has 3 N–H and O–H groups in total. The molecule has 0 fully saturated rings. The lowest BCUT2D eigenvalue weighted by Crippen LogP contribution is -2.22. The van der Waals surface area contributed by atoms with Gasteiger partial charge in [0.15, 0.2) is 0 Å². The van der Waals surface area contributed by atoms with E-state index in [1.54, 1.807) is 24.3 Å². The van der Waals surface area contributed by atoms with E-state index in [2.05, 4.69) is 22.4 Å². The lowest BCUT2D eigenvalue weighted by Gasteiger charge is -2.16. The van der Waals surface area contributed by atoms with Crippen molar-refractivity contribution in [3.63, 3.8) is 0 Å². The third-order valence-corrected chi connectivity index (χ3v) is 2.06. The summed E-state index contributed by atoms with van der Waals surface area (Å²) in [7, 11) is 0. The third-order valence-electron chi connectivity index (χ3n) is 1.97. The lowest BCUT2D eigenvalue weighted by atomic mass is 10.0. The summed E-state index contributed by atoms with van der Waals surface area (Å²) in [6.07, 6.45) is -2.41. The SMILES string of the molecule is OCC(O)C(O)c1ccccc1N=C=S. The van der Waals surface area contributed by atoms with Crippen molar-refractivity contribution < 1.29 is 15.3 Å². The highest BCUT2D eigenvalue weighted by Gasteiger charge is 2.19. The van der Waals surface area contributed by atoms with Crippen molar-refractivity contribution in [3.05, 3.63) is 29.8 Å². The summed E-state index contributed by atoms with van der Waals surface area (Å²) >= 11 is 4.46. The van der Waals surface area contributed by atoms with Crippen LogP contribution in [0, 0.1) is 0 Å². The van der Waals surface area contributed by atoms with Crippen LogP contribution in [-0.2, 0) is 0 Å². The van der Waals surface area contributed by atoms with Crippen LogP contribution in [0.2, 0.25) is 0 Å². The molecule has 0 heterocycles. The van der Waals surface area contributed by atoms with Gasteiger partial charge in [0.1, 0.15) is 12.2 Å². The van der Waals surface area contributed by atoms with Gasteiger partial charge in [0.25, 0.3) is 0 Å². The number of isothiocyanates is 1. The molecule has 2 atom stereocenters. The standard InChI is InChI=1S/C10H11NO3S/c12-5-9(13)10(14)7-3-1-2-4-8(7)11-6-15/h1-4,9-10,12-14H,5H2. The van der Waals surface area contributed by atoms with E-state index < -0.39 is 18.8 Å². The molecule has 1 aromatic carbocycles. The first-order valence-corrected chi connectivity index (χ1v) is 4.75. The Morgan fingerprint density at radius 1 is 1.33 bits per heavy atom. The van der Waals surface area contributed by atoms with Crippen LogP contribution in [0.5, 0.6) is 0 Å². The largest absolute Gasteiger partial charge is 0.394 e. The van der Waals surface area contributed by atoms with E-state index in [1.165, 1.54) is 0 Å². The van der Waals surface area contributed by atoms with Crippen molar-refractivity contribution in [2.24, 2.45) is 4.99 Å². The van der Waals surface area contributed by atoms with Crippen LogP contribution in [0.3, 0.4) is 0 Å². The molecule has 0 radical (unpaired) electrons. The molecule has 0 aliphatic carbocycles. The molecule has 80 valence electrons. The van der Waals surface area contributed by atoms with Gasteiger partial charge in [-0.2, -0.15) is 4.99 Å². The van der Waals surface area contributed by atoms with Crippen molar-refractivity contribution in [3.8, 4) is 0 Å². The first-order valence-electron chi connectivity index (χ1n) is 4.34. The summed E-state index contributed by atoms with van der Waals surface area (Å²) < 4.78 is 0. The van der Waals surface area contributed by atoms with Crippen LogP contribution in [0.4, 0.5) is 5.69 Å². The number of rotatable bonds is 4. The third kappa shape index (κ3) is 2.92. The van der Waals surface area contributed by atoms with Crippen molar-refractivity contribution in [1.29, 1.82) is 0 Å². The van der Waals surface area contributed by atoms with Gasteiger partial charge in [-0.1, -0.05) is 18.2 Å². The van der Waals surface area contributed by atoms with Crippen molar-refractivity contribution in [2.45, 2.75) is 12.2 Å². The minimum Gasteiger partial charge on any atom is -0.394 e. The van der Waals surface area contributed by atoms with Gasteiger partial charge in [-0.05, 0) is 18.3 Å².